The van der Waals surface area contributed by atoms with Crippen LogP contribution in [-0.4, -0.2) is 29.9 Å². The fourth-order valence-corrected chi connectivity index (χ4v) is 3.14. The first kappa shape index (κ1) is 14.1. The van der Waals surface area contributed by atoms with E-state index in [4.69, 9.17) is 5.73 Å². The first-order chi connectivity index (χ1) is 9.11. The van der Waals surface area contributed by atoms with Crippen LogP contribution in [0.25, 0.3) is 0 Å². The first-order valence-electron chi connectivity index (χ1n) is 6.70. The number of carbonyl (C=O) groups excluding carboxylic acids is 1. The van der Waals surface area contributed by atoms with E-state index in [9.17, 15) is 4.79 Å². The summed E-state index contributed by atoms with van der Waals surface area (Å²) in [4.78, 5) is 15.4. The zero-order valence-electron chi connectivity index (χ0n) is 11.5. The lowest BCUT2D eigenvalue weighted by atomic mass is 9.94. The fraction of sp³-hybridized carbons (Fsp3) is 0.533. The average molecular weight is 276 g/mol. The van der Waals surface area contributed by atoms with Gasteiger partial charge in [-0.3, -0.25) is 4.79 Å². The monoisotopic (exact) mass is 276 g/mol. The smallest absolute Gasteiger partial charge is 0.254 e. The molecule has 2 rings (SSSR count). The van der Waals surface area contributed by atoms with Crippen LogP contribution in [0.4, 0.5) is 0 Å². The standard InChI is InChI=1S/C15H20N2OS/c1-11-5-6-12(2)17(9-11)15(18)13-8-14(19-10-13)4-3-7-16/h8,10-12H,5-7,9,16H2,1-2H3. The van der Waals surface area contributed by atoms with E-state index in [1.54, 1.807) is 0 Å². The van der Waals surface area contributed by atoms with Crippen LogP contribution in [0, 0.1) is 17.8 Å². The van der Waals surface area contributed by atoms with E-state index in [0.29, 0.717) is 18.5 Å². The molecule has 4 heteroatoms. The van der Waals surface area contributed by atoms with Crippen molar-refractivity contribution in [3.8, 4) is 11.8 Å². The Morgan fingerprint density at radius 3 is 3.05 bits per heavy atom. The molecule has 1 saturated heterocycles. The Labute approximate surface area is 118 Å². The second-order valence-electron chi connectivity index (χ2n) is 5.19. The molecule has 0 bridgehead atoms. The molecule has 1 aromatic rings. The Balaban J connectivity index is 2.12. The Bertz CT molecular complexity index is 512. The summed E-state index contributed by atoms with van der Waals surface area (Å²) in [6, 6.07) is 2.21. The average Bonchev–Trinajstić information content (AvgIpc) is 2.87. The number of hydrogen-bond acceptors (Lipinski definition) is 3. The third kappa shape index (κ3) is 3.37. The van der Waals surface area contributed by atoms with Crippen molar-refractivity contribution in [2.24, 2.45) is 11.7 Å². The maximum Gasteiger partial charge on any atom is 0.254 e. The first-order valence-corrected chi connectivity index (χ1v) is 7.58. The summed E-state index contributed by atoms with van der Waals surface area (Å²) in [5, 5.41) is 1.90. The maximum absolute atomic E-state index is 12.5. The second kappa shape index (κ2) is 6.23. The van der Waals surface area contributed by atoms with Gasteiger partial charge in [0.2, 0.25) is 0 Å². The molecule has 0 saturated carbocycles. The molecule has 1 aliphatic heterocycles. The van der Waals surface area contributed by atoms with Crippen LogP contribution in [0.2, 0.25) is 0 Å². The molecule has 0 radical (unpaired) electrons. The van der Waals surface area contributed by atoms with Crippen molar-refractivity contribution >= 4 is 17.2 Å². The molecule has 3 nitrogen and oxygen atoms in total. The molecule has 1 fully saturated rings. The van der Waals surface area contributed by atoms with Crippen molar-refractivity contribution in [1.82, 2.24) is 4.90 Å². The van der Waals surface area contributed by atoms with Gasteiger partial charge in [-0.25, -0.2) is 0 Å². The molecule has 19 heavy (non-hydrogen) atoms. The molecule has 0 aliphatic carbocycles. The number of piperidine rings is 1. The highest BCUT2D eigenvalue weighted by atomic mass is 32.1. The molecular formula is C15H20N2OS. The molecule has 1 aromatic heterocycles. The van der Waals surface area contributed by atoms with Gasteiger partial charge in [-0.15, -0.1) is 11.3 Å². The highest BCUT2D eigenvalue weighted by Crippen LogP contribution is 2.24. The van der Waals surface area contributed by atoms with Gasteiger partial charge in [-0.05, 0) is 31.7 Å². The summed E-state index contributed by atoms with van der Waals surface area (Å²) in [5.41, 5.74) is 6.11. The van der Waals surface area contributed by atoms with E-state index in [1.165, 1.54) is 17.8 Å². The molecule has 102 valence electrons. The van der Waals surface area contributed by atoms with Gasteiger partial charge in [-0.1, -0.05) is 18.8 Å². The summed E-state index contributed by atoms with van der Waals surface area (Å²) < 4.78 is 0. The number of likely N-dealkylation sites (tertiary alicyclic amines) is 1. The summed E-state index contributed by atoms with van der Waals surface area (Å²) in [5.74, 6) is 6.52. The van der Waals surface area contributed by atoms with Crippen molar-refractivity contribution in [1.29, 1.82) is 0 Å². The summed E-state index contributed by atoms with van der Waals surface area (Å²) in [7, 11) is 0. The minimum Gasteiger partial charge on any atom is -0.336 e. The van der Waals surface area contributed by atoms with Gasteiger partial charge in [0, 0.05) is 18.0 Å². The largest absolute Gasteiger partial charge is 0.336 e. The summed E-state index contributed by atoms with van der Waals surface area (Å²) in [6.45, 7) is 5.55. The van der Waals surface area contributed by atoms with Gasteiger partial charge in [-0.2, -0.15) is 0 Å². The van der Waals surface area contributed by atoms with Crippen molar-refractivity contribution in [3.05, 3.63) is 21.9 Å². The van der Waals surface area contributed by atoms with E-state index in [-0.39, 0.29) is 5.91 Å². The van der Waals surface area contributed by atoms with Crippen LogP contribution < -0.4 is 5.73 Å². The lowest BCUT2D eigenvalue weighted by Gasteiger charge is -2.36. The molecule has 2 unspecified atom stereocenters. The van der Waals surface area contributed by atoms with Crippen molar-refractivity contribution in [2.75, 3.05) is 13.1 Å². The van der Waals surface area contributed by atoms with Gasteiger partial charge in [0.1, 0.15) is 0 Å². The third-order valence-electron chi connectivity index (χ3n) is 3.54. The van der Waals surface area contributed by atoms with E-state index in [1.807, 2.05) is 16.3 Å². The molecule has 2 atom stereocenters. The summed E-state index contributed by atoms with van der Waals surface area (Å²) in [6.07, 6.45) is 2.30. The third-order valence-corrected chi connectivity index (χ3v) is 4.38. The van der Waals surface area contributed by atoms with Gasteiger partial charge in [0.15, 0.2) is 0 Å². The van der Waals surface area contributed by atoms with Gasteiger partial charge in [0.25, 0.3) is 5.91 Å². The number of nitrogens with two attached hydrogens (primary N) is 1. The zero-order chi connectivity index (χ0) is 13.8. The van der Waals surface area contributed by atoms with Crippen molar-refractivity contribution < 1.29 is 4.79 Å². The number of rotatable bonds is 1. The van der Waals surface area contributed by atoms with Gasteiger partial charge < -0.3 is 10.6 Å². The maximum atomic E-state index is 12.5. The lowest BCUT2D eigenvalue weighted by Crippen LogP contribution is -2.44. The van der Waals surface area contributed by atoms with Gasteiger partial charge in [0.05, 0.1) is 17.0 Å². The van der Waals surface area contributed by atoms with E-state index >= 15 is 0 Å². The molecule has 2 N–H and O–H groups in total. The van der Waals surface area contributed by atoms with Crippen LogP contribution >= 0.6 is 11.3 Å². The number of hydrogen-bond donors (Lipinski definition) is 1. The van der Waals surface area contributed by atoms with E-state index < -0.39 is 0 Å². The normalized spacial score (nSPS) is 22.8. The van der Waals surface area contributed by atoms with Crippen LogP contribution in [0.15, 0.2) is 11.4 Å². The van der Waals surface area contributed by atoms with E-state index in [0.717, 1.165) is 23.4 Å². The van der Waals surface area contributed by atoms with E-state index in [2.05, 4.69) is 25.7 Å². The number of nitrogens with zero attached hydrogens (tertiary/aromatic N) is 1. The van der Waals surface area contributed by atoms with Crippen LogP contribution in [0.1, 0.15) is 41.9 Å². The van der Waals surface area contributed by atoms with Crippen molar-refractivity contribution in [3.63, 3.8) is 0 Å². The fourth-order valence-electron chi connectivity index (χ4n) is 2.39. The highest BCUT2D eigenvalue weighted by molar-refractivity contribution is 7.10. The second-order valence-corrected chi connectivity index (χ2v) is 6.11. The Kier molecular flexibility index (Phi) is 4.62. The molecule has 0 spiro atoms. The molecule has 0 aromatic carbocycles. The van der Waals surface area contributed by atoms with Gasteiger partial charge >= 0.3 is 0 Å². The molecular weight excluding hydrogens is 256 g/mol. The van der Waals surface area contributed by atoms with Crippen molar-refractivity contribution in [2.45, 2.75) is 32.7 Å². The minimum absolute atomic E-state index is 0.135. The predicted molar refractivity (Wildman–Crippen MR) is 79.1 cm³/mol. The quantitative estimate of drug-likeness (QED) is 0.800. The minimum atomic E-state index is 0.135. The van der Waals surface area contributed by atoms with Crippen LogP contribution in [-0.2, 0) is 0 Å². The zero-order valence-corrected chi connectivity index (χ0v) is 12.3. The predicted octanol–water partition coefficient (Wildman–Crippen LogP) is 2.32. The van der Waals surface area contributed by atoms with Crippen LogP contribution in [0.5, 0.6) is 0 Å². The SMILES string of the molecule is CC1CCC(C)N(C(=O)c2csc(C#CCN)c2)C1. The molecule has 1 amide bonds. The molecule has 2 heterocycles. The molecule has 1 aliphatic rings. The number of amides is 1. The topological polar surface area (TPSA) is 46.3 Å². The Morgan fingerprint density at radius 1 is 1.53 bits per heavy atom. The highest BCUT2D eigenvalue weighted by Gasteiger charge is 2.27. The number of thiophene rings is 1. The summed E-state index contributed by atoms with van der Waals surface area (Å²) >= 11 is 1.51. The lowest BCUT2D eigenvalue weighted by molar-refractivity contribution is 0.0574. The van der Waals surface area contributed by atoms with Crippen LogP contribution in [0.3, 0.4) is 0 Å². The number of carbonyl (C=O) groups is 1. The Hall–Kier alpha value is -1.31. The Morgan fingerprint density at radius 2 is 2.32 bits per heavy atom.